The monoisotopic (exact) mass is 437 g/mol. The summed E-state index contributed by atoms with van der Waals surface area (Å²) < 4.78 is 38.0. The Balaban J connectivity index is 1.49. The van der Waals surface area contributed by atoms with Crippen LogP contribution < -0.4 is 0 Å². The van der Waals surface area contributed by atoms with E-state index in [4.69, 9.17) is 18.9 Å². The molecule has 2 aromatic carbocycles. The predicted molar refractivity (Wildman–Crippen MR) is 109 cm³/mol. The Morgan fingerprint density at radius 2 is 2.03 bits per heavy atom. The van der Waals surface area contributed by atoms with E-state index in [-0.39, 0.29) is 18.2 Å². The standard InChI is InChI=1S/C23H20FN3O5/c1-29-22(28)19-11-18(27-12-17(25-26-27)15-8-5-9-16(24)10-15)21-20(31-19)13-30-23(32-21)14-6-3-2-4-7-14/h2-12,18,20-21,23H,13H2,1H3/t18-,20-,21-,23-/m1/s1. The van der Waals surface area contributed by atoms with Gasteiger partial charge in [0.15, 0.2) is 12.4 Å². The van der Waals surface area contributed by atoms with Crippen molar-refractivity contribution in [2.75, 3.05) is 13.7 Å². The first kappa shape index (κ1) is 20.3. The van der Waals surface area contributed by atoms with E-state index in [2.05, 4.69) is 10.3 Å². The summed E-state index contributed by atoms with van der Waals surface area (Å²) in [4.78, 5) is 12.2. The Bertz CT molecular complexity index is 1150. The van der Waals surface area contributed by atoms with Crippen molar-refractivity contribution >= 4 is 5.97 Å². The number of halogens is 1. The van der Waals surface area contributed by atoms with Gasteiger partial charge in [0.25, 0.3) is 0 Å². The maximum atomic E-state index is 13.7. The minimum atomic E-state index is -0.607. The lowest BCUT2D eigenvalue weighted by atomic mass is 10.00. The molecule has 0 amide bonds. The van der Waals surface area contributed by atoms with Crippen LogP contribution in [0.25, 0.3) is 11.3 Å². The lowest BCUT2D eigenvalue weighted by Gasteiger charge is -2.42. The summed E-state index contributed by atoms with van der Waals surface area (Å²) in [5.41, 5.74) is 1.95. The molecule has 0 bridgehead atoms. The van der Waals surface area contributed by atoms with Crippen LogP contribution in [0.1, 0.15) is 17.9 Å². The van der Waals surface area contributed by atoms with Gasteiger partial charge in [-0.25, -0.2) is 13.9 Å². The highest BCUT2D eigenvalue weighted by atomic mass is 19.1. The zero-order valence-electron chi connectivity index (χ0n) is 17.1. The average molecular weight is 437 g/mol. The van der Waals surface area contributed by atoms with Crippen LogP contribution in [0.15, 0.2) is 72.6 Å². The number of methoxy groups -OCH3 is 1. The summed E-state index contributed by atoms with van der Waals surface area (Å²) in [5.74, 6) is -0.925. The topological polar surface area (TPSA) is 84.7 Å². The van der Waals surface area contributed by atoms with E-state index < -0.39 is 30.5 Å². The molecule has 0 unspecified atom stereocenters. The molecule has 1 saturated heterocycles. The number of nitrogens with zero attached hydrogens (tertiary/aromatic N) is 3. The van der Waals surface area contributed by atoms with Crippen LogP contribution in [-0.2, 0) is 23.7 Å². The van der Waals surface area contributed by atoms with Crippen LogP contribution in [0.5, 0.6) is 0 Å². The van der Waals surface area contributed by atoms with Gasteiger partial charge < -0.3 is 18.9 Å². The molecule has 5 rings (SSSR count). The Kier molecular flexibility index (Phi) is 5.42. The highest BCUT2D eigenvalue weighted by molar-refractivity contribution is 5.86. The minimum Gasteiger partial charge on any atom is -0.478 e. The van der Waals surface area contributed by atoms with Crippen molar-refractivity contribution < 1.29 is 28.1 Å². The van der Waals surface area contributed by atoms with E-state index in [1.807, 2.05) is 30.3 Å². The maximum Gasteiger partial charge on any atom is 0.373 e. The molecule has 0 spiro atoms. The van der Waals surface area contributed by atoms with Gasteiger partial charge in [-0.2, -0.15) is 0 Å². The van der Waals surface area contributed by atoms with Gasteiger partial charge in [0.05, 0.1) is 19.9 Å². The van der Waals surface area contributed by atoms with E-state index >= 15 is 0 Å². The predicted octanol–water partition coefficient (Wildman–Crippen LogP) is 3.20. The van der Waals surface area contributed by atoms with Crippen molar-refractivity contribution in [1.29, 1.82) is 0 Å². The molecule has 2 aliphatic rings. The molecular formula is C23H20FN3O5. The minimum absolute atomic E-state index is 0.0481. The van der Waals surface area contributed by atoms with E-state index in [9.17, 15) is 9.18 Å². The fourth-order valence-corrected chi connectivity index (χ4v) is 3.83. The number of hydrogen-bond donors (Lipinski definition) is 0. The van der Waals surface area contributed by atoms with Crippen molar-refractivity contribution in [3.63, 3.8) is 0 Å². The third-order valence-electron chi connectivity index (χ3n) is 5.39. The van der Waals surface area contributed by atoms with Crippen molar-refractivity contribution in [3.8, 4) is 11.3 Å². The number of carbonyl (C=O) groups excluding carboxylic acids is 1. The molecule has 1 fully saturated rings. The van der Waals surface area contributed by atoms with E-state index in [1.54, 1.807) is 29.1 Å². The summed E-state index contributed by atoms with van der Waals surface area (Å²) in [6.07, 6.45) is 1.63. The molecule has 32 heavy (non-hydrogen) atoms. The average Bonchev–Trinajstić information content (AvgIpc) is 3.33. The summed E-state index contributed by atoms with van der Waals surface area (Å²) in [6.45, 7) is 0.209. The molecule has 164 valence electrons. The summed E-state index contributed by atoms with van der Waals surface area (Å²) in [6, 6.07) is 15.1. The first-order chi connectivity index (χ1) is 15.6. The quantitative estimate of drug-likeness (QED) is 0.580. The van der Waals surface area contributed by atoms with Gasteiger partial charge in [-0.15, -0.1) is 5.10 Å². The number of benzene rings is 2. The second-order valence-electron chi connectivity index (χ2n) is 7.44. The number of aromatic nitrogens is 3. The maximum absolute atomic E-state index is 13.7. The highest BCUT2D eigenvalue weighted by Crippen LogP contribution is 2.38. The van der Waals surface area contributed by atoms with Crippen molar-refractivity contribution in [2.24, 2.45) is 0 Å². The van der Waals surface area contributed by atoms with Gasteiger partial charge in [0, 0.05) is 11.1 Å². The van der Waals surface area contributed by atoms with Crippen LogP contribution in [0.2, 0.25) is 0 Å². The zero-order valence-corrected chi connectivity index (χ0v) is 17.1. The van der Waals surface area contributed by atoms with Gasteiger partial charge in [-0.3, -0.25) is 0 Å². The second-order valence-corrected chi connectivity index (χ2v) is 7.44. The van der Waals surface area contributed by atoms with E-state index in [0.29, 0.717) is 11.3 Å². The zero-order chi connectivity index (χ0) is 22.1. The summed E-state index contributed by atoms with van der Waals surface area (Å²) >= 11 is 0. The lowest BCUT2D eigenvalue weighted by molar-refractivity contribution is -0.271. The van der Waals surface area contributed by atoms with Gasteiger partial charge in [0.2, 0.25) is 5.76 Å². The van der Waals surface area contributed by atoms with Crippen molar-refractivity contribution in [2.45, 2.75) is 24.5 Å². The highest BCUT2D eigenvalue weighted by Gasteiger charge is 2.44. The number of fused-ring (bicyclic) bond motifs is 1. The van der Waals surface area contributed by atoms with Crippen LogP contribution >= 0.6 is 0 Å². The molecule has 0 aliphatic carbocycles. The van der Waals surface area contributed by atoms with Crippen molar-refractivity contribution in [3.05, 3.63) is 84.0 Å². The molecule has 8 nitrogen and oxygen atoms in total. The van der Waals surface area contributed by atoms with Gasteiger partial charge in [0.1, 0.15) is 23.7 Å². The molecular weight excluding hydrogens is 417 g/mol. The summed E-state index contributed by atoms with van der Waals surface area (Å²) in [7, 11) is 1.28. The van der Waals surface area contributed by atoms with E-state index in [1.165, 1.54) is 19.2 Å². The molecule has 3 heterocycles. The van der Waals surface area contributed by atoms with Crippen LogP contribution in [0.4, 0.5) is 4.39 Å². The van der Waals surface area contributed by atoms with Gasteiger partial charge >= 0.3 is 5.97 Å². The normalized spacial score (nSPS) is 24.8. The van der Waals surface area contributed by atoms with Crippen LogP contribution in [0.3, 0.4) is 0 Å². The summed E-state index contributed by atoms with van der Waals surface area (Å²) in [5, 5.41) is 8.41. The third kappa shape index (κ3) is 3.88. The van der Waals surface area contributed by atoms with Gasteiger partial charge in [-0.05, 0) is 18.2 Å². The molecule has 9 heteroatoms. The molecule has 3 aromatic rings. The molecule has 1 aromatic heterocycles. The Morgan fingerprint density at radius 1 is 1.19 bits per heavy atom. The first-order valence-corrected chi connectivity index (χ1v) is 10.1. The molecule has 0 saturated carbocycles. The Labute approximate surface area is 183 Å². The first-order valence-electron chi connectivity index (χ1n) is 10.1. The number of hydrogen-bond acceptors (Lipinski definition) is 7. The Morgan fingerprint density at radius 3 is 2.81 bits per heavy atom. The molecule has 4 atom stereocenters. The SMILES string of the molecule is COC(=O)C1=C[C@@H](n2cc(-c3cccc(F)c3)nn2)[C@H]2O[C@H](c3ccccc3)OC[C@H]2O1. The number of carbonyl (C=O) groups is 1. The lowest BCUT2D eigenvalue weighted by Crippen LogP contribution is -2.49. The van der Waals surface area contributed by atoms with Crippen LogP contribution in [0, 0.1) is 5.82 Å². The molecule has 2 aliphatic heterocycles. The number of rotatable bonds is 4. The van der Waals surface area contributed by atoms with Crippen molar-refractivity contribution in [1.82, 2.24) is 15.0 Å². The number of esters is 1. The largest absolute Gasteiger partial charge is 0.478 e. The fourth-order valence-electron chi connectivity index (χ4n) is 3.83. The van der Waals surface area contributed by atoms with E-state index in [0.717, 1.165) is 5.56 Å². The molecule has 0 radical (unpaired) electrons. The molecule has 0 N–H and O–H groups in total. The third-order valence-corrected chi connectivity index (χ3v) is 5.39. The Hall–Kier alpha value is -3.56. The van der Waals surface area contributed by atoms with Crippen LogP contribution in [-0.4, -0.2) is 46.9 Å². The second kappa shape index (κ2) is 8.52. The number of ether oxygens (including phenoxy) is 4. The fraction of sp³-hybridized carbons (Fsp3) is 0.261. The van der Waals surface area contributed by atoms with Gasteiger partial charge in [-0.1, -0.05) is 47.7 Å². The smallest absolute Gasteiger partial charge is 0.373 e.